The van der Waals surface area contributed by atoms with E-state index in [9.17, 15) is 19.5 Å². The van der Waals surface area contributed by atoms with Crippen molar-refractivity contribution in [3.8, 4) is 0 Å². The molecular formula is C13H25N3O4. The van der Waals surface area contributed by atoms with E-state index in [0.717, 1.165) is 0 Å². The van der Waals surface area contributed by atoms with Gasteiger partial charge >= 0.3 is 12.0 Å². The Balaban J connectivity index is 4.85. The van der Waals surface area contributed by atoms with E-state index in [1.165, 1.54) is 9.80 Å². The normalized spacial score (nSPS) is 12.5. The molecule has 0 unspecified atom stereocenters. The molecular weight excluding hydrogens is 262 g/mol. The standard InChI is InChI=1S/C13H25N3O4/c1-7-16(8-9(17)15(5)6)12(20)14-10(11(18)19)13(2,3)4/h10H,7-8H2,1-6H3,(H,14,20)(H,18,19)/t10-/m0/s1. The number of nitrogens with one attached hydrogen (secondary N) is 1. The largest absolute Gasteiger partial charge is 0.480 e. The van der Waals surface area contributed by atoms with Crippen LogP contribution in [0.25, 0.3) is 0 Å². The summed E-state index contributed by atoms with van der Waals surface area (Å²) in [6.07, 6.45) is 0. The van der Waals surface area contributed by atoms with Gasteiger partial charge in [-0.2, -0.15) is 0 Å². The Labute approximate surface area is 119 Å². The first-order chi connectivity index (χ1) is 9.00. The average molecular weight is 287 g/mol. The molecule has 20 heavy (non-hydrogen) atoms. The minimum atomic E-state index is -1.10. The number of rotatable bonds is 5. The number of carbonyl (C=O) groups is 3. The molecule has 0 saturated carbocycles. The lowest BCUT2D eigenvalue weighted by Crippen LogP contribution is -2.54. The maximum Gasteiger partial charge on any atom is 0.326 e. The Morgan fingerprint density at radius 3 is 2.00 bits per heavy atom. The highest BCUT2D eigenvalue weighted by atomic mass is 16.4. The molecule has 116 valence electrons. The Bertz CT molecular complexity index is 374. The molecule has 0 aliphatic heterocycles. The molecule has 0 bridgehead atoms. The number of aliphatic carboxylic acids is 1. The van der Waals surface area contributed by atoms with Crippen LogP contribution in [0.5, 0.6) is 0 Å². The molecule has 0 fully saturated rings. The predicted molar refractivity (Wildman–Crippen MR) is 75.4 cm³/mol. The summed E-state index contributed by atoms with van der Waals surface area (Å²) in [5.74, 6) is -1.31. The maximum atomic E-state index is 12.1. The highest BCUT2D eigenvalue weighted by Gasteiger charge is 2.33. The Hall–Kier alpha value is -1.79. The molecule has 0 aliphatic carbocycles. The minimum absolute atomic E-state index is 0.0776. The molecule has 3 amide bonds. The van der Waals surface area contributed by atoms with Gasteiger partial charge in [0.25, 0.3) is 0 Å². The zero-order chi connectivity index (χ0) is 16.1. The number of urea groups is 1. The summed E-state index contributed by atoms with van der Waals surface area (Å²) in [6, 6.07) is -1.57. The predicted octanol–water partition coefficient (Wildman–Crippen LogP) is 0.605. The summed E-state index contributed by atoms with van der Waals surface area (Å²) in [4.78, 5) is 37.6. The number of hydrogen-bond donors (Lipinski definition) is 2. The van der Waals surface area contributed by atoms with Crippen LogP contribution in [0.2, 0.25) is 0 Å². The average Bonchev–Trinajstić information content (AvgIpc) is 2.30. The second-order valence-electron chi connectivity index (χ2n) is 5.89. The molecule has 7 heteroatoms. The van der Waals surface area contributed by atoms with Crippen molar-refractivity contribution in [3.05, 3.63) is 0 Å². The summed E-state index contributed by atoms with van der Waals surface area (Å²) in [5, 5.41) is 11.6. The van der Waals surface area contributed by atoms with Crippen molar-refractivity contribution in [1.82, 2.24) is 15.1 Å². The van der Waals surface area contributed by atoms with E-state index in [0.29, 0.717) is 6.54 Å². The highest BCUT2D eigenvalue weighted by Crippen LogP contribution is 2.19. The quantitative estimate of drug-likeness (QED) is 0.775. The van der Waals surface area contributed by atoms with Gasteiger partial charge in [0.2, 0.25) is 5.91 Å². The van der Waals surface area contributed by atoms with Gasteiger partial charge in [0.1, 0.15) is 12.6 Å². The third kappa shape index (κ3) is 5.46. The van der Waals surface area contributed by atoms with Gasteiger partial charge in [-0.25, -0.2) is 9.59 Å². The molecule has 7 nitrogen and oxygen atoms in total. The van der Waals surface area contributed by atoms with Gasteiger partial charge in [0, 0.05) is 20.6 Å². The number of carboxylic acids is 1. The molecule has 0 aliphatic rings. The van der Waals surface area contributed by atoms with Crippen LogP contribution in [-0.4, -0.2) is 66.0 Å². The van der Waals surface area contributed by atoms with E-state index in [4.69, 9.17) is 0 Å². The third-order valence-electron chi connectivity index (χ3n) is 2.87. The molecule has 1 atom stereocenters. The van der Waals surface area contributed by atoms with Crippen molar-refractivity contribution in [1.29, 1.82) is 0 Å². The van der Waals surface area contributed by atoms with Crippen LogP contribution in [0.1, 0.15) is 27.7 Å². The number of amides is 3. The topological polar surface area (TPSA) is 90.0 Å². The lowest BCUT2D eigenvalue weighted by Gasteiger charge is -2.30. The van der Waals surface area contributed by atoms with Crippen molar-refractivity contribution in [2.45, 2.75) is 33.7 Å². The molecule has 0 aromatic heterocycles. The maximum absolute atomic E-state index is 12.1. The van der Waals surface area contributed by atoms with Gasteiger partial charge in [0.15, 0.2) is 0 Å². The van der Waals surface area contributed by atoms with E-state index in [2.05, 4.69) is 5.32 Å². The van der Waals surface area contributed by atoms with Crippen molar-refractivity contribution in [3.63, 3.8) is 0 Å². The number of nitrogens with zero attached hydrogens (tertiary/aromatic N) is 2. The van der Waals surface area contributed by atoms with Gasteiger partial charge in [-0.1, -0.05) is 20.8 Å². The number of carboxylic acid groups (broad SMARTS) is 1. The van der Waals surface area contributed by atoms with Crippen molar-refractivity contribution >= 4 is 17.9 Å². The number of carbonyl (C=O) groups excluding carboxylic acids is 2. The lowest BCUT2D eigenvalue weighted by atomic mass is 9.87. The SMILES string of the molecule is CCN(CC(=O)N(C)C)C(=O)N[C@@H](C(=O)O)C(C)(C)C. The molecule has 2 N–H and O–H groups in total. The monoisotopic (exact) mass is 287 g/mol. The summed E-state index contributed by atoms with van der Waals surface area (Å²) < 4.78 is 0. The van der Waals surface area contributed by atoms with Crippen molar-refractivity contribution in [2.24, 2.45) is 5.41 Å². The molecule has 0 spiro atoms. The van der Waals surface area contributed by atoms with Gasteiger partial charge in [0.05, 0.1) is 0 Å². The first-order valence-electron chi connectivity index (χ1n) is 6.49. The summed E-state index contributed by atoms with van der Waals surface area (Å²) in [6.45, 7) is 7.16. The Morgan fingerprint density at radius 1 is 1.20 bits per heavy atom. The first-order valence-corrected chi connectivity index (χ1v) is 6.49. The summed E-state index contributed by atoms with van der Waals surface area (Å²) in [5.41, 5.74) is -0.619. The second-order valence-corrected chi connectivity index (χ2v) is 5.89. The fourth-order valence-electron chi connectivity index (χ4n) is 1.50. The molecule has 0 aromatic carbocycles. The van der Waals surface area contributed by atoms with Gasteiger partial charge in [-0.05, 0) is 12.3 Å². The molecule has 0 aromatic rings. The van der Waals surface area contributed by atoms with Crippen LogP contribution in [0, 0.1) is 5.41 Å². The molecule has 0 rings (SSSR count). The molecule has 0 radical (unpaired) electrons. The summed E-state index contributed by atoms with van der Waals surface area (Å²) >= 11 is 0. The van der Waals surface area contributed by atoms with E-state index in [1.807, 2.05) is 0 Å². The zero-order valence-electron chi connectivity index (χ0n) is 13.1. The fourth-order valence-corrected chi connectivity index (χ4v) is 1.50. The minimum Gasteiger partial charge on any atom is -0.480 e. The van der Waals surface area contributed by atoms with Crippen LogP contribution >= 0.6 is 0 Å². The fraction of sp³-hybridized carbons (Fsp3) is 0.769. The highest BCUT2D eigenvalue weighted by molar-refractivity contribution is 5.86. The van der Waals surface area contributed by atoms with Crippen molar-refractivity contribution in [2.75, 3.05) is 27.2 Å². The van der Waals surface area contributed by atoms with Crippen LogP contribution in [0.3, 0.4) is 0 Å². The van der Waals surface area contributed by atoms with Crippen LogP contribution in [0.4, 0.5) is 4.79 Å². The summed E-state index contributed by atoms with van der Waals surface area (Å²) in [7, 11) is 3.20. The van der Waals surface area contributed by atoms with E-state index < -0.39 is 23.5 Å². The molecule has 0 heterocycles. The zero-order valence-corrected chi connectivity index (χ0v) is 13.1. The van der Waals surface area contributed by atoms with Gasteiger partial charge in [-0.15, -0.1) is 0 Å². The molecule has 0 saturated heterocycles. The van der Waals surface area contributed by atoms with Crippen molar-refractivity contribution < 1.29 is 19.5 Å². The van der Waals surface area contributed by atoms with Crippen LogP contribution in [0.15, 0.2) is 0 Å². The van der Waals surface area contributed by atoms with E-state index in [-0.39, 0.29) is 12.5 Å². The van der Waals surface area contributed by atoms with Crippen LogP contribution < -0.4 is 5.32 Å². The van der Waals surface area contributed by atoms with Gasteiger partial charge in [-0.3, -0.25) is 4.79 Å². The third-order valence-corrected chi connectivity index (χ3v) is 2.87. The van der Waals surface area contributed by atoms with Gasteiger partial charge < -0.3 is 20.2 Å². The van der Waals surface area contributed by atoms with E-state index in [1.54, 1.807) is 41.8 Å². The number of hydrogen-bond acceptors (Lipinski definition) is 3. The first kappa shape index (κ1) is 18.2. The smallest absolute Gasteiger partial charge is 0.326 e. The Morgan fingerprint density at radius 2 is 1.70 bits per heavy atom. The number of likely N-dealkylation sites (N-methyl/N-ethyl adjacent to an activating group) is 2. The Kier molecular flexibility index (Phi) is 6.48. The lowest BCUT2D eigenvalue weighted by molar-refractivity contribution is -0.142. The second kappa shape index (κ2) is 7.12. The van der Waals surface area contributed by atoms with Crippen LogP contribution in [-0.2, 0) is 9.59 Å². The van der Waals surface area contributed by atoms with E-state index >= 15 is 0 Å².